The summed E-state index contributed by atoms with van der Waals surface area (Å²) in [5, 5.41) is 9.02. The molecule has 0 saturated carbocycles. The van der Waals surface area contributed by atoms with Gasteiger partial charge in [-0.05, 0) is 45.4 Å². The maximum Gasteiger partial charge on any atom is 0.305 e. The van der Waals surface area contributed by atoms with Crippen LogP contribution in [0, 0.1) is 0 Å². The van der Waals surface area contributed by atoms with Crippen molar-refractivity contribution in [3.63, 3.8) is 0 Å². The van der Waals surface area contributed by atoms with Crippen molar-refractivity contribution in [1.82, 2.24) is 0 Å². The van der Waals surface area contributed by atoms with Gasteiger partial charge in [0.05, 0.1) is 6.10 Å². The lowest BCUT2D eigenvalue weighted by Crippen LogP contribution is -2.14. The molecule has 3 heteroatoms. The van der Waals surface area contributed by atoms with E-state index in [9.17, 15) is 4.79 Å². The molecule has 0 radical (unpaired) electrons. The number of ether oxygens (including phenoxy) is 1. The zero-order valence-corrected chi connectivity index (χ0v) is 15.6. The lowest BCUT2D eigenvalue weighted by molar-refractivity contribution is -0.146. The highest BCUT2D eigenvalue weighted by Gasteiger charge is 2.04. The maximum atomic E-state index is 11.3. The minimum atomic E-state index is -0.574. The summed E-state index contributed by atoms with van der Waals surface area (Å²) in [5.41, 5.74) is 0. The molecule has 0 heterocycles. The van der Waals surface area contributed by atoms with Gasteiger partial charge in [-0.2, -0.15) is 0 Å². The average Bonchev–Trinajstić information content (AvgIpc) is 2.56. The molecule has 1 N–H and O–H groups in total. The number of hydrogen-bond acceptors (Lipinski definition) is 3. The van der Waals surface area contributed by atoms with E-state index in [1.165, 1.54) is 19.3 Å². The van der Waals surface area contributed by atoms with Crippen molar-refractivity contribution in [3.05, 3.63) is 36.5 Å². The molecule has 0 aromatic rings. The van der Waals surface area contributed by atoms with Gasteiger partial charge < -0.3 is 9.84 Å². The Labute approximate surface area is 148 Å². The zero-order valence-electron chi connectivity index (χ0n) is 15.6. The van der Waals surface area contributed by atoms with Crippen molar-refractivity contribution in [3.8, 4) is 0 Å². The van der Waals surface area contributed by atoms with Crippen molar-refractivity contribution in [1.29, 1.82) is 0 Å². The number of rotatable bonds is 15. The van der Waals surface area contributed by atoms with E-state index in [0.29, 0.717) is 6.42 Å². The van der Waals surface area contributed by atoms with Gasteiger partial charge in [0.15, 0.2) is 0 Å². The molecule has 24 heavy (non-hydrogen) atoms. The van der Waals surface area contributed by atoms with Crippen molar-refractivity contribution in [2.24, 2.45) is 0 Å². The van der Waals surface area contributed by atoms with Crippen LogP contribution in [0.15, 0.2) is 36.5 Å². The van der Waals surface area contributed by atoms with Crippen LogP contribution in [-0.2, 0) is 9.53 Å². The van der Waals surface area contributed by atoms with Gasteiger partial charge in [-0.1, -0.05) is 62.6 Å². The maximum absolute atomic E-state index is 11.3. The van der Waals surface area contributed by atoms with Crippen molar-refractivity contribution >= 4 is 5.97 Å². The Balaban J connectivity index is 3.31. The van der Waals surface area contributed by atoms with Crippen LogP contribution in [0.1, 0.15) is 78.1 Å². The number of carbonyl (C=O) groups excluding carboxylic acids is 1. The second-order valence-electron chi connectivity index (χ2n) is 6.13. The number of carbonyl (C=O) groups is 1. The average molecular weight is 337 g/mol. The lowest BCUT2D eigenvalue weighted by atomic mass is 10.1. The van der Waals surface area contributed by atoms with Crippen LogP contribution in [0.3, 0.4) is 0 Å². The second kappa shape index (κ2) is 18.0. The fourth-order valence-corrected chi connectivity index (χ4v) is 2.17. The molecule has 1 unspecified atom stereocenters. The quantitative estimate of drug-likeness (QED) is 0.244. The second-order valence-corrected chi connectivity index (χ2v) is 6.13. The first-order valence-electron chi connectivity index (χ1n) is 9.45. The van der Waals surface area contributed by atoms with E-state index in [0.717, 1.165) is 38.5 Å². The number of aliphatic hydroxyl groups is 1. The Bertz CT molecular complexity index is 367. The molecule has 0 spiro atoms. The van der Waals surface area contributed by atoms with Crippen LogP contribution in [-0.4, -0.2) is 23.8 Å². The zero-order chi connectivity index (χ0) is 17.9. The molecule has 0 rings (SSSR count). The van der Waals surface area contributed by atoms with Crippen molar-refractivity contribution in [2.45, 2.75) is 84.2 Å². The summed E-state index contributed by atoms with van der Waals surface area (Å²) in [6, 6.07) is 0. The first kappa shape index (κ1) is 22.6. The lowest BCUT2D eigenvalue weighted by Gasteiger charge is -2.06. The van der Waals surface area contributed by atoms with Gasteiger partial charge in [-0.25, -0.2) is 0 Å². The molecule has 0 bridgehead atoms. The van der Waals surface area contributed by atoms with Crippen LogP contribution in [0.25, 0.3) is 0 Å². The summed E-state index contributed by atoms with van der Waals surface area (Å²) in [7, 11) is 0. The van der Waals surface area contributed by atoms with Gasteiger partial charge in [-0.15, -0.1) is 0 Å². The largest absolute Gasteiger partial charge is 0.463 e. The Hall–Kier alpha value is -1.35. The van der Waals surface area contributed by atoms with Gasteiger partial charge in [0.2, 0.25) is 0 Å². The van der Waals surface area contributed by atoms with Crippen LogP contribution in [0.5, 0.6) is 0 Å². The van der Waals surface area contributed by atoms with Gasteiger partial charge in [0, 0.05) is 6.42 Å². The SMILES string of the molecule is CC/C=C\C/C=C\C/C=C\CCCCCCCC(=O)OCC(C)O. The van der Waals surface area contributed by atoms with Crippen LogP contribution in [0.4, 0.5) is 0 Å². The number of hydrogen-bond donors (Lipinski definition) is 1. The highest BCUT2D eigenvalue weighted by Crippen LogP contribution is 2.08. The highest BCUT2D eigenvalue weighted by molar-refractivity contribution is 5.69. The van der Waals surface area contributed by atoms with Gasteiger partial charge in [0.1, 0.15) is 6.61 Å². The molecule has 0 aromatic heterocycles. The van der Waals surface area contributed by atoms with Crippen LogP contribution in [0.2, 0.25) is 0 Å². The van der Waals surface area contributed by atoms with Gasteiger partial charge in [0.25, 0.3) is 0 Å². The molecule has 0 aromatic carbocycles. The fraction of sp³-hybridized carbons (Fsp3) is 0.667. The minimum Gasteiger partial charge on any atom is -0.463 e. The monoisotopic (exact) mass is 336 g/mol. The molecule has 1 atom stereocenters. The summed E-state index contributed by atoms with van der Waals surface area (Å²) in [6.07, 6.45) is 23.1. The molecule has 0 aliphatic carbocycles. The fourth-order valence-electron chi connectivity index (χ4n) is 2.17. The van der Waals surface area contributed by atoms with E-state index in [-0.39, 0.29) is 12.6 Å². The summed E-state index contributed by atoms with van der Waals surface area (Å²) in [6.45, 7) is 3.87. The molecule has 0 aliphatic rings. The van der Waals surface area contributed by atoms with E-state index in [4.69, 9.17) is 9.84 Å². The first-order valence-corrected chi connectivity index (χ1v) is 9.45. The van der Waals surface area contributed by atoms with E-state index in [1.54, 1.807) is 6.92 Å². The van der Waals surface area contributed by atoms with Crippen molar-refractivity contribution in [2.75, 3.05) is 6.61 Å². The molecule has 0 fully saturated rings. The minimum absolute atomic E-state index is 0.107. The normalized spacial score (nSPS) is 13.3. The van der Waals surface area contributed by atoms with Gasteiger partial charge in [-0.3, -0.25) is 4.79 Å². The standard InChI is InChI=1S/C21H36O3/c1-3-4-5-6-7-8-9-10-11-12-13-14-15-16-17-18-21(23)24-19-20(2)22/h4-5,7-8,10-11,20,22H,3,6,9,12-19H2,1-2H3/b5-4-,8-7-,11-10-. The summed E-state index contributed by atoms with van der Waals surface area (Å²) >= 11 is 0. The third-order valence-corrected chi connectivity index (χ3v) is 3.52. The molecule has 3 nitrogen and oxygen atoms in total. The highest BCUT2D eigenvalue weighted by atomic mass is 16.5. The topological polar surface area (TPSA) is 46.5 Å². The smallest absolute Gasteiger partial charge is 0.305 e. The number of aliphatic hydroxyl groups excluding tert-OH is 1. The summed E-state index contributed by atoms with van der Waals surface area (Å²) in [5.74, 6) is -0.197. The molecule has 0 saturated heterocycles. The van der Waals surface area contributed by atoms with E-state index >= 15 is 0 Å². The number of unbranched alkanes of at least 4 members (excludes halogenated alkanes) is 5. The predicted molar refractivity (Wildman–Crippen MR) is 102 cm³/mol. The number of esters is 1. The van der Waals surface area contributed by atoms with Crippen molar-refractivity contribution < 1.29 is 14.6 Å². The third kappa shape index (κ3) is 18.7. The Morgan fingerprint density at radius 3 is 2.17 bits per heavy atom. The Kier molecular flexibility index (Phi) is 17.0. The predicted octanol–water partition coefficient (Wildman–Crippen LogP) is 5.50. The summed E-state index contributed by atoms with van der Waals surface area (Å²) in [4.78, 5) is 11.3. The Morgan fingerprint density at radius 1 is 0.917 bits per heavy atom. The van der Waals surface area contributed by atoms with Gasteiger partial charge >= 0.3 is 5.97 Å². The van der Waals surface area contributed by atoms with E-state index in [1.807, 2.05) is 0 Å². The van der Waals surface area contributed by atoms with E-state index < -0.39 is 6.10 Å². The van der Waals surface area contributed by atoms with Crippen LogP contribution >= 0.6 is 0 Å². The first-order chi connectivity index (χ1) is 11.7. The van der Waals surface area contributed by atoms with Crippen LogP contribution < -0.4 is 0 Å². The summed E-state index contributed by atoms with van der Waals surface area (Å²) < 4.78 is 4.92. The molecular formula is C21H36O3. The third-order valence-electron chi connectivity index (χ3n) is 3.52. The molecule has 0 amide bonds. The number of allylic oxidation sites excluding steroid dienone is 6. The molecule has 138 valence electrons. The Morgan fingerprint density at radius 2 is 1.50 bits per heavy atom. The molecule has 0 aliphatic heterocycles. The molecular weight excluding hydrogens is 300 g/mol. The van der Waals surface area contributed by atoms with E-state index in [2.05, 4.69) is 43.4 Å².